The molecular weight excluding hydrogens is 284 g/mol. The standard InChI is InChI=1S/C15H16N4O3/c1-22-12-9-18(10-12)15-7-6-11(8-16-15)17-13-4-2-3-5-14(13)19(20)21/h2-8,12,17H,9-10H2,1H3. The lowest BCUT2D eigenvalue weighted by Gasteiger charge is -2.39. The number of nitro groups is 1. The van der Waals surface area contributed by atoms with Gasteiger partial charge in [0.2, 0.25) is 0 Å². The minimum Gasteiger partial charge on any atom is -0.378 e. The van der Waals surface area contributed by atoms with E-state index in [1.165, 1.54) is 6.07 Å². The lowest BCUT2D eigenvalue weighted by molar-refractivity contribution is -0.383. The van der Waals surface area contributed by atoms with Crippen molar-refractivity contribution < 1.29 is 9.66 Å². The Kier molecular flexibility index (Phi) is 3.88. The van der Waals surface area contributed by atoms with Crippen molar-refractivity contribution in [1.29, 1.82) is 0 Å². The Bertz CT molecular complexity index is 669. The van der Waals surface area contributed by atoms with Crippen LogP contribution < -0.4 is 10.2 Å². The van der Waals surface area contributed by atoms with E-state index in [9.17, 15) is 10.1 Å². The maximum absolute atomic E-state index is 11.0. The number of nitrogens with one attached hydrogen (secondary N) is 1. The molecule has 0 saturated carbocycles. The molecule has 1 aliphatic heterocycles. The highest BCUT2D eigenvalue weighted by Crippen LogP contribution is 2.28. The molecule has 1 aromatic carbocycles. The number of para-hydroxylation sites is 2. The number of rotatable bonds is 5. The highest BCUT2D eigenvalue weighted by molar-refractivity contribution is 5.69. The Labute approximate surface area is 127 Å². The number of nitro benzene ring substituents is 1. The van der Waals surface area contributed by atoms with Crippen LogP contribution in [0.25, 0.3) is 0 Å². The summed E-state index contributed by atoms with van der Waals surface area (Å²) in [6.45, 7) is 1.67. The molecular formula is C15H16N4O3. The normalized spacial score (nSPS) is 14.5. The third-order valence-electron chi connectivity index (χ3n) is 3.63. The Hall–Kier alpha value is -2.67. The lowest BCUT2D eigenvalue weighted by Crippen LogP contribution is -2.52. The van der Waals surface area contributed by atoms with Crippen molar-refractivity contribution in [3.8, 4) is 0 Å². The van der Waals surface area contributed by atoms with Crippen molar-refractivity contribution in [2.24, 2.45) is 0 Å². The molecule has 0 unspecified atom stereocenters. The average molecular weight is 300 g/mol. The van der Waals surface area contributed by atoms with E-state index < -0.39 is 4.92 Å². The first kappa shape index (κ1) is 14.3. The zero-order valence-electron chi connectivity index (χ0n) is 12.1. The van der Waals surface area contributed by atoms with Gasteiger partial charge in [0.15, 0.2) is 0 Å². The van der Waals surface area contributed by atoms with Crippen LogP contribution >= 0.6 is 0 Å². The molecule has 0 aliphatic carbocycles. The fourth-order valence-corrected chi connectivity index (χ4v) is 2.32. The van der Waals surface area contributed by atoms with Gasteiger partial charge in [0.25, 0.3) is 5.69 Å². The van der Waals surface area contributed by atoms with Gasteiger partial charge in [-0.1, -0.05) is 12.1 Å². The molecule has 22 heavy (non-hydrogen) atoms. The molecule has 2 aromatic rings. The maximum Gasteiger partial charge on any atom is 0.292 e. The van der Waals surface area contributed by atoms with Crippen LogP contribution in [0.3, 0.4) is 0 Å². The van der Waals surface area contributed by atoms with Gasteiger partial charge in [-0.05, 0) is 18.2 Å². The van der Waals surface area contributed by atoms with E-state index >= 15 is 0 Å². The fraction of sp³-hybridized carbons (Fsp3) is 0.267. The predicted molar refractivity (Wildman–Crippen MR) is 83.6 cm³/mol. The topological polar surface area (TPSA) is 80.5 Å². The molecule has 114 valence electrons. The van der Waals surface area contributed by atoms with Crippen LogP contribution in [-0.4, -0.2) is 36.2 Å². The average Bonchev–Trinajstić information content (AvgIpc) is 2.48. The van der Waals surface area contributed by atoms with Crippen LogP contribution in [0.5, 0.6) is 0 Å². The van der Waals surface area contributed by atoms with E-state index in [1.54, 1.807) is 31.5 Å². The summed E-state index contributed by atoms with van der Waals surface area (Å²) >= 11 is 0. The molecule has 1 N–H and O–H groups in total. The van der Waals surface area contributed by atoms with Crippen molar-refractivity contribution in [2.45, 2.75) is 6.10 Å². The van der Waals surface area contributed by atoms with Crippen molar-refractivity contribution in [3.63, 3.8) is 0 Å². The van der Waals surface area contributed by atoms with Gasteiger partial charge in [0.05, 0.1) is 22.9 Å². The Morgan fingerprint density at radius 2 is 2.09 bits per heavy atom. The molecule has 0 radical (unpaired) electrons. The molecule has 1 aliphatic rings. The quantitative estimate of drug-likeness (QED) is 0.675. The maximum atomic E-state index is 11.0. The van der Waals surface area contributed by atoms with Gasteiger partial charge in [-0.25, -0.2) is 4.98 Å². The van der Waals surface area contributed by atoms with Crippen molar-refractivity contribution in [2.75, 3.05) is 30.4 Å². The molecule has 0 amide bonds. The number of hydrogen-bond donors (Lipinski definition) is 1. The van der Waals surface area contributed by atoms with Crippen molar-refractivity contribution in [1.82, 2.24) is 4.98 Å². The molecule has 0 bridgehead atoms. The molecule has 0 atom stereocenters. The monoisotopic (exact) mass is 300 g/mol. The molecule has 1 fully saturated rings. The second-order valence-corrected chi connectivity index (χ2v) is 5.07. The second kappa shape index (κ2) is 5.98. The number of hydrogen-bond acceptors (Lipinski definition) is 6. The first-order valence-corrected chi connectivity index (χ1v) is 6.91. The Morgan fingerprint density at radius 1 is 1.32 bits per heavy atom. The number of ether oxygens (including phenoxy) is 1. The van der Waals surface area contributed by atoms with Gasteiger partial charge in [-0.15, -0.1) is 0 Å². The summed E-state index contributed by atoms with van der Waals surface area (Å²) in [5.74, 6) is 0.876. The summed E-state index contributed by atoms with van der Waals surface area (Å²) < 4.78 is 5.23. The van der Waals surface area contributed by atoms with Crippen LogP contribution in [0.2, 0.25) is 0 Å². The number of benzene rings is 1. The molecule has 7 nitrogen and oxygen atoms in total. The number of methoxy groups -OCH3 is 1. The third kappa shape index (κ3) is 2.84. The van der Waals surface area contributed by atoms with Gasteiger partial charge in [-0.2, -0.15) is 0 Å². The summed E-state index contributed by atoms with van der Waals surface area (Å²) in [5, 5.41) is 14.0. The van der Waals surface area contributed by atoms with Gasteiger partial charge in [-0.3, -0.25) is 10.1 Å². The Balaban J connectivity index is 1.71. The summed E-state index contributed by atoms with van der Waals surface area (Å²) in [4.78, 5) is 17.1. The predicted octanol–water partition coefficient (Wildman–Crippen LogP) is 2.57. The molecule has 3 rings (SSSR count). The molecule has 2 heterocycles. The summed E-state index contributed by atoms with van der Waals surface area (Å²) in [7, 11) is 1.70. The van der Waals surface area contributed by atoms with Crippen LogP contribution in [0.4, 0.5) is 22.9 Å². The van der Waals surface area contributed by atoms with Crippen LogP contribution in [-0.2, 0) is 4.74 Å². The second-order valence-electron chi connectivity index (χ2n) is 5.07. The van der Waals surface area contributed by atoms with E-state index in [0.717, 1.165) is 18.9 Å². The van der Waals surface area contributed by atoms with Crippen molar-refractivity contribution >= 4 is 22.9 Å². The van der Waals surface area contributed by atoms with E-state index in [4.69, 9.17) is 4.74 Å². The highest BCUT2D eigenvalue weighted by atomic mass is 16.6. The van der Waals surface area contributed by atoms with Gasteiger partial charge in [0.1, 0.15) is 11.5 Å². The summed E-state index contributed by atoms with van der Waals surface area (Å²) in [5.41, 5.74) is 1.20. The lowest BCUT2D eigenvalue weighted by atomic mass is 10.1. The SMILES string of the molecule is COC1CN(c2ccc(Nc3ccccc3[N+](=O)[O-])cn2)C1. The van der Waals surface area contributed by atoms with E-state index in [2.05, 4.69) is 15.2 Å². The minimum absolute atomic E-state index is 0.0391. The van der Waals surface area contributed by atoms with Crippen LogP contribution in [0.1, 0.15) is 0 Å². The van der Waals surface area contributed by atoms with E-state index in [-0.39, 0.29) is 11.8 Å². The zero-order chi connectivity index (χ0) is 15.5. The van der Waals surface area contributed by atoms with Gasteiger partial charge >= 0.3 is 0 Å². The minimum atomic E-state index is -0.408. The highest BCUT2D eigenvalue weighted by Gasteiger charge is 2.27. The number of aromatic nitrogens is 1. The molecule has 7 heteroatoms. The van der Waals surface area contributed by atoms with E-state index in [0.29, 0.717) is 11.4 Å². The number of nitrogens with zero attached hydrogens (tertiary/aromatic N) is 3. The number of anilines is 3. The van der Waals surface area contributed by atoms with Crippen LogP contribution in [0, 0.1) is 10.1 Å². The van der Waals surface area contributed by atoms with Crippen molar-refractivity contribution in [3.05, 3.63) is 52.7 Å². The number of pyridine rings is 1. The van der Waals surface area contributed by atoms with E-state index in [1.807, 2.05) is 12.1 Å². The molecule has 1 saturated heterocycles. The largest absolute Gasteiger partial charge is 0.378 e. The zero-order valence-corrected chi connectivity index (χ0v) is 12.1. The van der Waals surface area contributed by atoms with Gasteiger partial charge in [0, 0.05) is 26.3 Å². The first-order valence-electron chi connectivity index (χ1n) is 6.91. The molecule has 1 aromatic heterocycles. The van der Waals surface area contributed by atoms with Gasteiger partial charge < -0.3 is 15.0 Å². The fourth-order valence-electron chi connectivity index (χ4n) is 2.32. The first-order chi connectivity index (χ1) is 10.7. The van der Waals surface area contributed by atoms with Crippen LogP contribution in [0.15, 0.2) is 42.6 Å². The third-order valence-corrected chi connectivity index (χ3v) is 3.63. The molecule has 0 spiro atoms. The Morgan fingerprint density at radius 3 is 2.73 bits per heavy atom. The summed E-state index contributed by atoms with van der Waals surface area (Å²) in [6, 6.07) is 10.3. The summed E-state index contributed by atoms with van der Waals surface area (Å²) in [6.07, 6.45) is 1.94. The smallest absolute Gasteiger partial charge is 0.292 e.